The summed E-state index contributed by atoms with van der Waals surface area (Å²) in [4.78, 5) is 27.8. The number of ether oxygens (including phenoxy) is 1. The minimum atomic E-state index is -0.461. The first kappa shape index (κ1) is 14.4. The van der Waals surface area contributed by atoms with Crippen molar-refractivity contribution in [1.82, 2.24) is 10.3 Å². The molecule has 1 aromatic rings. The Labute approximate surface area is 110 Å². The highest BCUT2D eigenvalue weighted by Crippen LogP contribution is 2.21. The van der Waals surface area contributed by atoms with E-state index in [4.69, 9.17) is 0 Å². The number of aryl methyl sites for hydroxylation is 2. The third kappa shape index (κ3) is 4.33. The minimum absolute atomic E-state index is 0.148. The van der Waals surface area contributed by atoms with Crippen molar-refractivity contribution in [3.8, 4) is 0 Å². The van der Waals surface area contributed by atoms with Gasteiger partial charge in [-0.05, 0) is 20.3 Å². The number of nitrogens with zero attached hydrogens (tertiary/aromatic N) is 1. The van der Waals surface area contributed by atoms with Gasteiger partial charge in [0.1, 0.15) is 6.54 Å². The molecule has 100 valence electrons. The van der Waals surface area contributed by atoms with Crippen molar-refractivity contribution in [2.45, 2.75) is 27.2 Å². The van der Waals surface area contributed by atoms with Gasteiger partial charge in [-0.3, -0.25) is 10.1 Å². The average molecular weight is 271 g/mol. The van der Waals surface area contributed by atoms with E-state index >= 15 is 0 Å². The number of aromatic nitrogens is 1. The molecule has 0 aliphatic heterocycles. The van der Waals surface area contributed by atoms with Crippen molar-refractivity contribution in [2.75, 3.05) is 18.5 Å². The van der Waals surface area contributed by atoms with E-state index in [2.05, 4.69) is 20.4 Å². The van der Waals surface area contributed by atoms with Gasteiger partial charge in [0.05, 0.1) is 12.3 Å². The highest BCUT2D eigenvalue weighted by Gasteiger charge is 2.10. The summed E-state index contributed by atoms with van der Waals surface area (Å²) in [7, 11) is 0. The molecule has 1 rings (SSSR count). The van der Waals surface area contributed by atoms with Gasteiger partial charge in [0.25, 0.3) is 0 Å². The standard InChI is InChI=1S/C11H17N3O3S/c1-4-8-7(3)18-11(13-8)14-10(16)12-6-9(15)17-5-2/h4-6H2,1-3H3,(H2,12,13,14,16). The molecule has 18 heavy (non-hydrogen) atoms. The summed E-state index contributed by atoms with van der Waals surface area (Å²) in [5, 5.41) is 5.52. The zero-order valence-electron chi connectivity index (χ0n) is 10.7. The van der Waals surface area contributed by atoms with Crippen molar-refractivity contribution >= 4 is 28.5 Å². The molecule has 1 heterocycles. The lowest BCUT2D eigenvalue weighted by molar-refractivity contribution is -0.141. The van der Waals surface area contributed by atoms with E-state index in [9.17, 15) is 9.59 Å². The number of esters is 1. The smallest absolute Gasteiger partial charge is 0.325 e. The van der Waals surface area contributed by atoms with E-state index < -0.39 is 12.0 Å². The third-order valence-electron chi connectivity index (χ3n) is 2.15. The zero-order valence-corrected chi connectivity index (χ0v) is 11.5. The number of carbonyl (C=O) groups is 2. The fourth-order valence-electron chi connectivity index (χ4n) is 1.32. The maximum absolute atomic E-state index is 11.5. The fourth-order valence-corrected chi connectivity index (χ4v) is 2.21. The van der Waals surface area contributed by atoms with Gasteiger partial charge in [-0.25, -0.2) is 9.78 Å². The molecular weight excluding hydrogens is 254 g/mol. The van der Waals surface area contributed by atoms with Crippen LogP contribution in [-0.2, 0) is 16.0 Å². The van der Waals surface area contributed by atoms with Crippen molar-refractivity contribution < 1.29 is 14.3 Å². The van der Waals surface area contributed by atoms with E-state index in [0.717, 1.165) is 17.0 Å². The number of amides is 2. The van der Waals surface area contributed by atoms with Crippen LogP contribution < -0.4 is 10.6 Å². The maximum Gasteiger partial charge on any atom is 0.325 e. The Balaban J connectivity index is 2.42. The van der Waals surface area contributed by atoms with Crippen LogP contribution >= 0.6 is 11.3 Å². The Hall–Kier alpha value is -1.63. The number of hydrogen-bond acceptors (Lipinski definition) is 5. The van der Waals surface area contributed by atoms with E-state index in [1.54, 1.807) is 6.92 Å². The quantitative estimate of drug-likeness (QED) is 0.799. The van der Waals surface area contributed by atoms with Crippen molar-refractivity contribution in [2.24, 2.45) is 0 Å². The molecule has 0 atom stereocenters. The molecule has 6 nitrogen and oxygen atoms in total. The van der Waals surface area contributed by atoms with Crippen LogP contribution in [0.5, 0.6) is 0 Å². The number of carbonyl (C=O) groups excluding carboxylic acids is 2. The second-order valence-electron chi connectivity index (χ2n) is 3.49. The summed E-state index contributed by atoms with van der Waals surface area (Å²) in [6.07, 6.45) is 0.828. The SMILES string of the molecule is CCOC(=O)CNC(=O)Nc1nc(CC)c(C)s1. The summed E-state index contributed by atoms with van der Waals surface area (Å²) >= 11 is 1.41. The molecule has 0 saturated heterocycles. The minimum Gasteiger partial charge on any atom is -0.465 e. The van der Waals surface area contributed by atoms with Gasteiger partial charge in [-0.1, -0.05) is 6.92 Å². The van der Waals surface area contributed by atoms with E-state index in [0.29, 0.717) is 11.7 Å². The largest absolute Gasteiger partial charge is 0.465 e. The number of anilines is 1. The Morgan fingerprint density at radius 3 is 2.67 bits per heavy atom. The van der Waals surface area contributed by atoms with Crippen LogP contribution in [-0.4, -0.2) is 30.1 Å². The second-order valence-corrected chi connectivity index (χ2v) is 4.69. The number of hydrogen-bond donors (Lipinski definition) is 2. The lowest BCUT2D eigenvalue weighted by Gasteiger charge is -2.04. The Bertz CT molecular complexity index is 431. The Kier molecular flexibility index (Phi) is 5.57. The summed E-state index contributed by atoms with van der Waals surface area (Å²) in [5.74, 6) is -0.461. The van der Waals surface area contributed by atoms with Crippen LogP contribution in [0.15, 0.2) is 0 Å². The molecule has 0 fully saturated rings. The Morgan fingerprint density at radius 2 is 2.11 bits per heavy atom. The molecule has 7 heteroatoms. The first-order chi connectivity index (χ1) is 8.56. The molecular formula is C11H17N3O3S. The first-order valence-corrected chi connectivity index (χ1v) is 6.55. The van der Waals surface area contributed by atoms with Gasteiger partial charge in [0, 0.05) is 4.88 Å². The maximum atomic E-state index is 11.5. The molecule has 0 radical (unpaired) electrons. The van der Waals surface area contributed by atoms with Crippen LogP contribution in [0, 0.1) is 6.92 Å². The molecule has 0 saturated carbocycles. The number of urea groups is 1. The van der Waals surface area contributed by atoms with E-state index in [-0.39, 0.29) is 6.54 Å². The van der Waals surface area contributed by atoms with E-state index in [1.807, 2.05) is 13.8 Å². The molecule has 0 bridgehead atoms. The molecule has 0 aliphatic rings. The van der Waals surface area contributed by atoms with Crippen LogP contribution in [0.4, 0.5) is 9.93 Å². The van der Waals surface area contributed by atoms with Crippen molar-refractivity contribution in [3.05, 3.63) is 10.6 Å². The highest BCUT2D eigenvalue weighted by molar-refractivity contribution is 7.15. The molecule has 2 amide bonds. The molecule has 0 unspecified atom stereocenters. The normalized spacial score (nSPS) is 9.94. The Morgan fingerprint density at radius 1 is 1.39 bits per heavy atom. The zero-order chi connectivity index (χ0) is 13.5. The predicted octanol–water partition coefficient (Wildman–Crippen LogP) is 1.70. The number of rotatable bonds is 5. The highest BCUT2D eigenvalue weighted by atomic mass is 32.1. The summed E-state index contributed by atoms with van der Waals surface area (Å²) in [6.45, 7) is 5.83. The van der Waals surface area contributed by atoms with Gasteiger partial charge in [-0.15, -0.1) is 11.3 Å². The lowest BCUT2D eigenvalue weighted by atomic mass is 10.3. The van der Waals surface area contributed by atoms with Gasteiger partial charge in [0.15, 0.2) is 5.13 Å². The fraction of sp³-hybridized carbons (Fsp3) is 0.545. The second kappa shape index (κ2) is 6.95. The van der Waals surface area contributed by atoms with Gasteiger partial charge >= 0.3 is 12.0 Å². The third-order valence-corrected chi connectivity index (χ3v) is 3.08. The summed E-state index contributed by atoms with van der Waals surface area (Å²) < 4.78 is 4.69. The summed E-state index contributed by atoms with van der Waals surface area (Å²) in [6, 6.07) is -0.459. The predicted molar refractivity (Wildman–Crippen MR) is 69.9 cm³/mol. The number of nitrogens with one attached hydrogen (secondary N) is 2. The van der Waals surface area contributed by atoms with Crippen LogP contribution in [0.25, 0.3) is 0 Å². The topological polar surface area (TPSA) is 80.3 Å². The van der Waals surface area contributed by atoms with Crippen LogP contribution in [0.1, 0.15) is 24.4 Å². The first-order valence-electron chi connectivity index (χ1n) is 5.73. The van der Waals surface area contributed by atoms with Gasteiger partial charge in [0.2, 0.25) is 0 Å². The molecule has 0 aliphatic carbocycles. The lowest BCUT2D eigenvalue weighted by Crippen LogP contribution is -2.34. The van der Waals surface area contributed by atoms with Crippen molar-refractivity contribution in [3.63, 3.8) is 0 Å². The number of thiazole rings is 1. The van der Waals surface area contributed by atoms with Crippen molar-refractivity contribution in [1.29, 1.82) is 0 Å². The molecule has 2 N–H and O–H groups in total. The van der Waals surface area contributed by atoms with Gasteiger partial charge in [-0.2, -0.15) is 0 Å². The van der Waals surface area contributed by atoms with Crippen LogP contribution in [0.3, 0.4) is 0 Å². The van der Waals surface area contributed by atoms with Crippen LogP contribution in [0.2, 0.25) is 0 Å². The molecule has 1 aromatic heterocycles. The molecule has 0 spiro atoms. The molecule has 0 aromatic carbocycles. The van der Waals surface area contributed by atoms with E-state index in [1.165, 1.54) is 11.3 Å². The van der Waals surface area contributed by atoms with Gasteiger partial charge < -0.3 is 10.1 Å². The average Bonchev–Trinajstić information content (AvgIpc) is 2.67. The monoisotopic (exact) mass is 271 g/mol. The summed E-state index contributed by atoms with van der Waals surface area (Å²) in [5.41, 5.74) is 0.973.